The Kier molecular flexibility index (Phi) is 2.45. The monoisotopic (exact) mass is 130 g/mol. The fraction of sp³-hybridized carbons (Fsp3) is 1.00. The third kappa shape index (κ3) is 1.93. The molecule has 54 valence electrons. The van der Waals surface area contributed by atoms with Crippen LogP contribution in [0.15, 0.2) is 0 Å². The third-order valence-electron chi connectivity index (χ3n) is 1.52. The van der Waals surface area contributed by atoms with Crippen molar-refractivity contribution in [1.82, 2.24) is 5.32 Å². The predicted molar refractivity (Wildman–Crippen MR) is 36.0 cm³/mol. The summed E-state index contributed by atoms with van der Waals surface area (Å²) in [7, 11) is 0. The molecule has 1 aliphatic heterocycles. The zero-order valence-corrected chi connectivity index (χ0v) is 5.76. The first kappa shape index (κ1) is 6.99. The number of nitrogens with two attached hydrogens (primary N) is 1. The predicted octanol–water partition coefficient (Wildman–Crippen LogP) is -0.330. The molecule has 0 aromatic heterocycles. The quantitative estimate of drug-likeness (QED) is 0.538. The summed E-state index contributed by atoms with van der Waals surface area (Å²) in [5.41, 5.74) is 5.35. The lowest BCUT2D eigenvalue weighted by Gasteiger charge is -2.06. The van der Waals surface area contributed by atoms with Crippen LogP contribution in [-0.2, 0) is 4.74 Å². The SMILES string of the molecule is C[C@@H]1NC[C@H](CCN)O1. The maximum Gasteiger partial charge on any atom is 0.105 e. The molecule has 1 fully saturated rings. The molecule has 0 radical (unpaired) electrons. The van der Waals surface area contributed by atoms with Crippen LogP contribution in [0.1, 0.15) is 13.3 Å². The highest BCUT2D eigenvalue weighted by atomic mass is 16.5. The third-order valence-corrected chi connectivity index (χ3v) is 1.52. The molecule has 0 aromatic carbocycles. The second-order valence-corrected chi connectivity index (χ2v) is 2.39. The number of nitrogens with one attached hydrogen (secondary N) is 1. The van der Waals surface area contributed by atoms with E-state index in [1.54, 1.807) is 0 Å². The van der Waals surface area contributed by atoms with Crippen molar-refractivity contribution in [3.8, 4) is 0 Å². The maximum atomic E-state index is 5.41. The smallest absolute Gasteiger partial charge is 0.105 e. The van der Waals surface area contributed by atoms with E-state index in [-0.39, 0.29) is 6.23 Å². The fourth-order valence-corrected chi connectivity index (χ4v) is 1.04. The van der Waals surface area contributed by atoms with E-state index < -0.39 is 0 Å². The van der Waals surface area contributed by atoms with Gasteiger partial charge in [-0.05, 0) is 19.9 Å². The second kappa shape index (κ2) is 3.15. The lowest BCUT2D eigenvalue weighted by atomic mass is 10.3. The van der Waals surface area contributed by atoms with Gasteiger partial charge in [-0.1, -0.05) is 0 Å². The molecule has 0 aliphatic carbocycles. The molecule has 0 aromatic rings. The van der Waals surface area contributed by atoms with Crippen LogP contribution >= 0.6 is 0 Å². The molecule has 1 aliphatic rings. The Bertz CT molecular complexity index is 85.1. The van der Waals surface area contributed by atoms with E-state index in [2.05, 4.69) is 5.32 Å². The van der Waals surface area contributed by atoms with Gasteiger partial charge in [-0.3, -0.25) is 5.32 Å². The highest BCUT2D eigenvalue weighted by molar-refractivity contribution is 4.70. The molecule has 0 unspecified atom stereocenters. The van der Waals surface area contributed by atoms with Crippen molar-refractivity contribution in [3.63, 3.8) is 0 Å². The first-order chi connectivity index (χ1) is 4.33. The van der Waals surface area contributed by atoms with E-state index in [0.29, 0.717) is 6.10 Å². The molecule has 0 bridgehead atoms. The molecular weight excluding hydrogens is 116 g/mol. The lowest BCUT2D eigenvalue weighted by molar-refractivity contribution is 0.0502. The fourth-order valence-electron chi connectivity index (χ4n) is 1.04. The van der Waals surface area contributed by atoms with Crippen LogP contribution in [0.4, 0.5) is 0 Å². The van der Waals surface area contributed by atoms with Gasteiger partial charge in [0.15, 0.2) is 0 Å². The Hall–Kier alpha value is -0.120. The van der Waals surface area contributed by atoms with Gasteiger partial charge in [0.05, 0.1) is 6.10 Å². The van der Waals surface area contributed by atoms with Crippen LogP contribution in [0.2, 0.25) is 0 Å². The van der Waals surface area contributed by atoms with Gasteiger partial charge in [0.25, 0.3) is 0 Å². The molecule has 0 amide bonds. The standard InChI is InChI=1S/C6H14N2O/c1-5-8-4-6(9-5)2-3-7/h5-6,8H,2-4,7H2,1H3/t5-,6+/m1/s1. The van der Waals surface area contributed by atoms with Crippen LogP contribution in [0.3, 0.4) is 0 Å². The minimum Gasteiger partial charge on any atom is -0.359 e. The lowest BCUT2D eigenvalue weighted by Crippen LogP contribution is -2.18. The summed E-state index contributed by atoms with van der Waals surface area (Å²) < 4.78 is 5.41. The van der Waals surface area contributed by atoms with Gasteiger partial charge in [0.1, 0.15) is 6.23 Å². The van der Waals surface area contributed by atoms with Crippen molar-refractivity contribution in [1.29, 1.82) is 0 Å². The number of rotatable bonds is 2. The van der Waals surface area contributed by atoms with Gasteiger partial charge in [0.2, 0.25) is 0 Å². The van der Waals surface area contributed by atoms with Crippen LogP contribution in [0, 0.1) is 0 Å². The van der Waals surface area contributed by atoms with Gasteiger partial charge in [-0.25, -0.2) is 0 Å². The van der Waals surface area contributed by atoms with Gasteiger partial charge >= 0.3 is 0 Å². The van der Waals surface area contributed by atoms with E-state index in [1.165, 1.54) is 0 Å². The minimum absolute atomic E-state index is 0.224. The Balaban J connectivity index is 2.14. The zero-order valence-electron chi connectivity index (χ0n) is 5.76. The molecule has 3 nitrogen and oxygen atoms in total. The molecule has 0 saturated carbocycles. The normalized spacial score (nSPS) is 35.3. The summed E-state index contributed by atoms with van der Waals surface area (Å²) in [6, 6.07) is 0. The van der Waals surface area contributed by atoms with Crippen LogP contribution in [-0.4, -0.2) is 25.4 Å². The maximum absolute atomic E-state index is 5.41. The van der Waals surface area contributed by atoms with Gasteiger partial charge in [-0.15, -0.1) is 0 Å². The molecule has 9 heavy (non-hydrogen) atoms. The van der Waals surface area contributed by atoms with E-state index in [4.69, 9.17) is 10.5 Å². The average Bonchev–Trinajstić information content (AvgIpc) is 2.17. The van der Waals surface area contributed by atoms with Gasteiger partial charge < -0.3 is 10.5 Å². The Morgan fingerprint density at radius 1 is 1.78 bits per heavy atom. The van der Waals surface area contributed by atoms with Crippen molar-refractivity contribution in [2.24, 2.45) is 5.73 Å². The van der Waals surface area contributed by atoms with Crippen LogP contribution in [0.5, 0.6) is 0 Å². The summed E-state index contributed by atoms with van der Waals surface area (Å²) in [6.07, 6.45) is 1.55. The summed E-state index contributed by atoms with van der Waals surface area (Å²) in [4.78, 5) is 0. The van der Waals surface area contributed by atoms with E-state index in [0.717, 1.165) is 19.5 Å². The first-order valence-corrected chi connectivity index (χ1v) is 3.42. The molecule has 3 heteroatoms. The number of hydrogen-bond acceptors (Lipinski definition) is 3. The summed E-state index contributed by atoms with van der Waals surface area (Å²) in [5, 5.41) is 3.18. The number of hydrogen-bond donors (Lipinski definition) is 2. The van der Waals surface area contributed by atoms with Crippen molar-refractivity contribution in [2.75, 3.05) is 13.1 Å². The van der Waals surface area contributed by atoms with Crippen molar-refractivity contribution < 1.29 is 4.74 Å². The van der Waals surface area contributed by atoms with E-state index in [1.807, 2.05) is 6.92 Å². The summed E-state index contributed by atoms with van der Waals surface area (Å²) in [6.45, 7) is 3.69. The average molecular weight is 130 g/mol. The summed E-state index contributed by atoms with van der Waals surface area (Å²) in [5.74, 6) is 0. The molecule has 1 heterocycles. The highest BCUT2D eigenvalue weighted by Crippen LogP contribution is 2.05. The Morgan fingerprint density at radius 2 is 2.56 bits per heavy atom. The Labute approximate surface area is 55.6 Å². The zero-order chi connectivity index (χ0) is 6.69. The molecular formula is C6H14N2O. The van der Waals surface area contributed by atoms with Gasteiger partial charge in [-0.2, -0.15) is 0 Å². The second-order valence-electron chi connectivity index (χ2n) is 2.39. The molecule has 3 N–H and O–H groups in total. The molecule has 1 rings (SSSR count). The Morgan fingerprint density at radius 3 is 3.00 bits per heavy atom. The van der Waals surface area contributed by atoms with E-state index in [9.17, 15) is 0 Å². The molecule has 1 saturated heterocycles. The van der Waals surface area contributed by atoms with Crippen molar-refractivity contribution in [2.45, 2.75) is 25.7 Å². The van der Waals surface area contributed by atoms with Crippen molar-refractivity contribution >= 4 is 0 Å². The molecule has 2 atom stereocenters. The minimum atomic E-state index is 0.224. The first-order valence-electron chi connectivity index (χ1n) is 3.42. The van der Waals surface area contributed by atoms with Crippen molar-refractivity contribution in [3.05, 3.63) is 0 Å². The summed E-state index contributed by atoms with van der Waals surface area (Å²) >= 11 is 0. The van der Waals surface area contributed by atoms with E-state index >= 15 is 0 Å². The highest BCUT2D eigenvalue weighted by Gasteiger charge is 2.19. The largest absolute Gasteiger partial charge is 0.359 e. The topological polar surface area (TPSA) is 47.3 Å². The van der Waals surface area contributed by atoms with Crippen LogP contribution < -0.4 is 11.1 Å². The molecule has 0 spiro atoms. The number of ether oxygens (including phenoxy) is 1. The van der Waals surface area contributed by atoms with Crippen LogP contribution in [0.25, 0.3) is 0 Å². The van der Waals surface area contributed by atoms with Gasteiger partial charge in [0, 0.05) is 6.54 Å².